The number of piperidine rings is 1. The van der Waals surface area contributed by atoms with Crippen LogP contribution in [0.3, 0.4) is 0 Å². The number of benzene rings is 1. The molecule has 1 aromatic rings. The summed E-state index contributed by atoms with van der Waals surface area (Å²) in [5, 5.41) is 2.98. The zero-order valence-corrected chi connectivity index (χ0v) is 13.3. The Bertz CT molecular complexity index is 388. The quantitative estimate of drug-likeness (QED) is 0.490. The predicted octanol–water partition coefficient (Wildman–Crippen LogP) is 2.71. The molecule has 0 atom stereocenters. The molecule has 0 saturated carbocycles. The highest BCUT2D eigenvalue weighted by Crippen LogP contribution is 2.17. The molecule has 1 aliphatic rings. The number of amides is 1. The van der Waals surface area contributed by atoms with Crippen molar-refractivity contribution in [2.45, 2.75) is 23.2 Å². The second-order valence-corrected chi connectivity index (χ2v) is 6.75. The molecule has 1 fully saturated rings. The molecule has 104 valence electrons. The van der Waals surface area contributed by atoms with Crippen molar-refractivity contribution < 1.29 is 4.79 Å². The zero-order chi connectivity index (χ0) is 13.5. The standard InChI is InChI=1S/C15H21IN2O/c16-14-7-11-18(12-8-14)10-4-9-17-15(19)13-5-2-1-3-6-13/h1-3,5-6,14H,4,7-12H2,(H,17,19). The normalized spacial score (nSPS) is 17.3. The molecule has 0 spiro atoms. The first-order valence-electron chi connectivity index (χ1n) is 6.95. The van der Waals surface area contributed by atoms with E-state index < -0.39 is 0 Å². The SMILES string of the molecule is O=C(NCCCN1CCC(I)CC1)c1ccccc1. The largest absolute Gasteiger partial charge is 0.352 e. The Labute approximate surface area is 128 Å². The van der Waals surface area contributed by atoms with Gasteiger partial charge in [-0.25, -0.2) is 0 Å². The minimum Gasteiger partial charge on any atom is -0.352 e. The van der Waals surface area contributed by atoms with Gasteiger partial charge in [0.25, 0.3) is 5.91 Å². The van der Waals surface area contributed by atoms with E-state index in [2.05, 4.69) is 32.8 Å². The number of alkyl halides is 1. The van der Waals surface area contributed by atoms with Crippen molar-refractivity contribution >= 4 is 28.5 Å². The van der Waals surface area contributed by atoms with Crippen molar-refractivity contribution in [3.8, 4) is 0 Å². The number of carbonyl (C=O) groups excluding carboxylic acids is 1. The van der Waals surface area contributed by atoms with Gasteiger partial charge in [0.2, 0.25) is 0 Å². The van der Waals surface area contributed by atoms with E-state index in [0.717, 1.165) is 29.0 Å². The van der Waals surface area contributed by atoms with E-state index in [1.807, 2.05) is 30.3 Å². The molecule has 19 heavy (non-hydrogen) atoms. The topological polar surface area (TPSA) is 32.3 Å². The average Bonchev–Trinajstić information content (AvgIpc) is 2.46. The fourth-order valence-corrected chi connectivity index (χ4v) is 2.88. The first-order chi connectivity index (χ1) is 9.25. The lowest BCUT2D eigenvalue weighted by Gasteiger charge is -2.29. The van der Waals surface area contributed by atoms with Gasteiger partial charge >= 0.3 is 0 Å². The summed E-state index contributed by atoms with van der Waals surface area (Å²) >= 11 is 2.54. The van der Waals surface area contributed by atoms with Crippen LogP contribution in [0.25, 0.3) is 0 Å². The lowest BCUT2D eigenvalue weighted by molar-refractivity contribution is 0.0951. The summed E-state index contributed by atoms with van der Waals surface area (Å²) in [7, 11) is 0. The number of hydrogen-bond donors (Lipinski definition) is 1. The van der Waals surface area contributed by atoms with Crippen LogP contribution in [0, 0.1) is 0 Å². The molecule has 1 aliphatic heterocycles. The summed E-state index contributed by atoms with van der Waals surface area (Å²) in [6.45, 7) is 4.27. The molecule has 1 N–H and O–H groups in total. The van der Waals surface area contributed by atoms with Crippen LogP contribution in [0.1, 0.15) is 29.6 Å². The van der Waals surface area contributed by atoms with Gasteiger partial charge in [-0.15, -0.1) is 0 Å². The van der Waals surface area contributed by atoms with Gasteiger partial charge in [0.05, 0.1) is 0 Å². The molecule has 0 aliphatic carbocycles. The van der Waals surface area contributed by atoms with Crippen LogP contribution >= 0.6 is 22.6 Å². The van der Waals surface area contributed by atoms with E-state index in [0.29, 0.717) is 0 Å². The van der Waals surface area contributed by atoms with E-state index >= 15 is 0 Å². The van der Waals surface area contributed by atoms with Crippen LogP contribution in [0.2, 0.25) is 0 Å². The molecule has 1 amide bonds. The highest BCUT2D eigenvalue weighted by molar-refractivity contribution is 14.1. The molecule has 0 aromatic heterocycles. The Hall–Kier alpha value is -0.620. The van der Waals surface area contributed by atoms with Gasteiger partial charge in [0, 0.05) is 16.0 Å². The van der Waals surface area contributed by atoms with Gasteiger partial charge in [-0.2, -0.15) is 0 Å². The summed E-state index contributed by atoms with van der Waals surface area (Å²) in [6, 6.07) is 9.40. The van der Waals surface area contributed by atoms with E-state index in [-0.39, 0.29) is 5.91 Å². The van der Waals surface area contributed by atoms with Crippen molar-refractivity contribution in [3.63, 3.8) is 0 Å². The van der Waals surface area contributed by atoms with Crippen molar-refractivity contribution in [1.82, 2.24) is 10.2 Å². The fraction of sp³-hybridized carbons (Fsp3) is 0.533. The number of halogens is 1. The third kappa shape index (κ3) is 5.10. The summed E-state index contributed by atoms with van der Waals surface area (Å²) in [5.74, 6) is 0.0339. The summed E-state index contributed by atoms with van der Waals surface area (Å²) < 4.78 is 0.853. The number of nitrogens with zero attached hydrogens (tertiary/aromatic N) is 1. The maximum absolute atomic E-state index is 11.8. The minimum absolute atomic E-state index is 0.0339. The summed E-state index contributed by atoms with van der Waals surface area (Å²) in [4.78, 5) is 14.3. The third-order valence-electron chi connectivity index (χ3n) is 3.49. The molecular weight excluding hydrogens is 351 g/mol. The Kier molecular flexibility index (Phi) is 6.10. The first-order valence-corrected chi connectivity index (χ1v) is 8.20. The highest BCUT2D eigenvalue weighted by Gasteiger charge is 2.15. The molecule has 1 aromatic carbocycles. The molecule has 1 saturated heterocycles. The molecule has 1 heterocycles. The maximum Gasteiger partial charge on any atom is 0.251 e. The molecule has 0 bridgehead atoms. The van der Waals surface area contributed by atoms with Crippen molar-refractivity contribution in [2.24, 2.45) is 0 Å². The van der Waals surface area contributed by atoms with E-state index in [1.165, 1.54) is 25.9 Å². The van der Waals surface area contributed by atoms with Crippen molar-refractivity contribution in [2.75, 3.05) is 26.2 Å². The van der Waals surface area contributed by atoms with Crippen LogP contribution in [-0.2, 0) is 0 Å². The van der Waals surface area contributed by atoms with Crippen molar-refractivity contribution in [1.29, 1.82) is 0 Å². The maximum atomic E-state index is 11.8. The number of nitrogens with one attached hydrogen (secondary N) is 1. The van der Waals surface area contributed by atoms with Crippen LogP contribution in [0.4, 0.5) is 0 Å². The molecule has 2 rings (SSSR count). The van der Waals surface area contributed by atoms with Gasteiger partial charge in [-0.05, 0) is 51.0 Å². The molecular formula is C15H21IN2O. The second kappa shape index (κ2) is 7.85. The van der Waals surface area contributed by atoms with Crippen LogP contribution in [-0.4, -0.2) is 40.9 Å². The predicted molar refractivity (Wildman–Crippen MR) is 86.9 cm³/mol. The summed E-state index contributed by atoms with van der Waals surface area (Å²) in [5.41, 5.74) is 0.744. The number of carbonyl (C=O) groups is 1. The van der Waals surface area contributed by atoms with E-state index in [9.17, 15) is 4.79 Å². The second-order valence-electron chi connectivity index (χ2n) is 4.99. The Balaban J connectivity index is 1.61. The van der Waals surface area contributed by atoms with Gasteiger partial charge < -0.3 is 10.2 Å². The Morgan fingerprint density at radius 3 is 2.63 bits per heavy atom. The van der Waals surface area contributed by atoms with Crippen LogP contribution < -0.4 is 5.32 Å². The lowest BCUT2D eigenvalue weighted by Crippen LogP contribution is -2.36. The van der Waals surface area contributed by atoms with E-state index in [4.69, 9.17) is 0 Å². The molecule has 3 nitrogen and oxygen atoms in total. The molecule has 0 radical (unpaired) electrons. The van der Waals surface area contributed by atoms with Crippen LogP contribution in [0.5, 0.6) is 0 Å². The molecule has 0 unspecified atom stereocenters. The monoisotopic (exact) mass is 372 g/mol. The highest BCUT2D eigenvalue weighted by atomic mass is 127. The van der Waals surface area contributed by atoms with Crippen LogP contribution in [0.15, 0.2) is 30.3 Å². The first kappa shape index (κ1) is 14.8. The van der Waals surface area contributed by atoms with Gasteiger partial charge in [-0.1, -0.05) is 40.8 Å². The smallest absolute Gasteiger partial charge is 0.251 e. The van der Waals surface area contributed by atoms with Crippen molar-refractivity contribution in [3.05, 3.63) is 35.9 Å². The van der Waals surface area contributed by atoms with Gasteiger partial charge in [0.15, 0.2) is 0 Å². The summed E-state index contributed by atoms with van der Waals surface area (Å²) in [6.07, 6.45) is 3.64. The van der Waals surface area contributed by atoms with Gasteiger partial charge in [-0.3, -0.25) is 4.79 Å². The Morgan fingerprint density at radius 2 is 1.95 bits per heavy atom. The number of rotatable bonds is 5. The van der Waals surface area contributed by atoms with Gasteiger partial charge in [0.1, 0.15) is 0 Å². The minimum atomic E-state index is 0.0339. The number of hydrogen-bond acceptors (Lipinski definition) is 2. The molecule has 4 heteroatoms. The fourth-order valence-electron chi connectivity index (χ4n) is 2.32. The van der Waals surface area contributed by atoms with E-state index in [1.54, 1.807) is 0 Å². The number of likely N-dealkylation sites (tertiary alicyclic amines) is 1. The zero-order valence-electron chi connectivity index (χ0n) is 11.1. The Morgan fingerprint density at radius 1 is 1.26 bits per heavy atom. The average molecular weight is 372 g/mol. The third-order valence-corrected chi connectivity index (χ3v) is 4.74. The lowest BCUT2D eigenvalue weighted by atomic mass is 10.1.